The summed E-state index contributed by atoms with van der Waals surface area (Å²) in [4.78, 5) is 17.1. The molecule has 1 atom stereocenters. The van der Waals surface area contributed by atoms with Crippen molar-refractivity contribution in [1.29, 1.82) is 0 Å². The largest absolute Gasteiger partial charge is 0.489 e. The Morgan fingerprint density at radius 1 is 1.08 bits per heavy atom. The molecule has 5 aromatic rings. The van der Waals surface area contributed by atoms with Crippen molar-refractivity contribution in [2.75, 3.05) is 18.5 Å². The van der Waals surface area contributed by atoms with Crippen LogP contribution in [0.1, 0.15) is 6.92 Å². The van der Waals surface area contributed by atoms with E-state index in [9.17, 15) is 10.2 Å². The van der Waals surface area contributed by atoms with Crippen LogP contribution in [0.25, 0.3) is 33.1 Å². The molecule has 10 nitrogen and oxygen atoms in total. The third-order valence-electron chi connectivity index (χ3n) is 6.01. The van der Waals surface area contributed by atoms with Crippen molar-refractivity contribution >= 4 is 33.4 Å². The molecule has 11 heteroatoms. The van der Waals surface area contributed by atoms with Crippen molar-refractivity contribution in [1.82, 2.24) is 29.7 Å². The van der Waals surface area contributed by atoms with E-state index in [1.165, 1.54) is 12.5 Å². The molecule has 0 unspecified atom stereocenters. The van der Waals surface area contributed by atoms with Crippen LogP contribution in [0.2, 0.25) is 0 Å². The Morgan fingerprint density at radius 2 is 1.92 bits per heavy atom. The number of rotatable bonds is 8. The number of ether oxygens (including phenoxy) is 1. The third kappa shape index (κ3) is 4.41. The number of aliphatic hydroxyl groups excluding tert-OH is 2. The van der Waals surface area contributed by atoms with Crippen molar-refractivity contribution in [3.05, 3.63) is 61.2 Å². The lowest BCUT2D eigenvalue weighted by molar-refractivity contribution is 0.0580. The zero-order valence-electron chi connectivity index (χ0n) is 19.6. The normalized spacial score (nSPS) is 12.4. The average molecular weight is 490 g/mol. The fourth-order valence-corrected chi connectivity index (χ4v) is 3.94. The quantitative estimate of drug-likeness (QED) is 0.301. The summed E-state index contributed by atoms with van der Waals surface area (Å²) < 4.78 is 23.2. The number of halogens is 1. The number of nitrogens with one attached hydrogen (secondary N) is 1. The molecule has 0 bridgehead atoms. The fraction of sp³-hybridized carbons (Fsp3) is 0.240. The van der Waals surface area contributed by atoms with E-state index < -0.39 is 17.8 Å². The number of fused-ring (bicyclic) bond motifs is 2. The molecule has 0 saturated heterocycles. The summed E-state index contributed by atoms with van der Waals surface area (Å²) in [6.45, 7) is 1.26. The van der Waals surface area contributed by atoms with E-state index in [4.69, 9.17) is 4.74 Å². The zero-order chi connectivity index (χ0) is 25.2. The van der Waals surface area contributed by atoms with Crippen molar-refractivity contribution in [3.63, 3.8) is 0 Å². The summed E-state index contributed by atoms with van der Waals surface area (Å²) >= 11 is 0. The van der Waals surface area contributed by atoms with Crippen LogP contribution in [0, 0.1) is 11.7 Å². The molecule has 0 radical (unpaired) electrons. The summed E-state index contributed by atoms with van der Waals surface area (Å²) in [7, 11) is 1.82. The first-order valence-corrected chi connectivity index (χ1v) is 11.3. The molecule has 5 rings (SSSR count). The number of pyridine rings is 2. The van der Waals surface area contributed by atoms with Gasteiger partial charge >= 0.3 is 0 Å². The minimum absolute atomic E-state index is 0.120. The number of hydrogen-bond acceptors (Lipinski definition) is 9. The van der Waals surface area contributed by atoms with Crippen LogP contribution in [0.15, 0.2) is 55.4 Å². The predicted molar refractivity (Wildman–Crippen MR) is 132 cm³/mol. The van der Waals surface area contributed by atoms with E-state index in [1.54, 1.807) is 36.1 Å². The van der Waals surface area contributed by atoms with Gasteiger partial charge in [-0.05, 0) is 36.8 Å². The topological polar surface area (TPSA) is 131 Å². The van der Waals surface area contributed by atoms with Crippen LogP contribution < -0.4 is 10.1 Å². The number of aliphatic hydroxyl groups is 2. The molecule has 0 saturated carbocycles. The smallest absolute Gasteiger partial charge is 0.162 e. The maximum absolute atomic E-state index is 15.3. The summed E-state index contributed by atoms with van der Waals surface area (Å²) in [6.07, 6.45) is 7.34. The van der Waals surface area contributed by atoms with E-state index in [0.29, 0.717) is 28.1 Å². The minimum atomic E-state index is -0.537. The van der Waals surface area contributed by atoms with E-state index in [0.717, 1.165) is 11.1 Å². The standard InChI is InChI=1S/C25H24FN7O3/c1-14(17(11-34)12-35)36-21-7-15(16-8-31-33(2)10-16)6-19-22(21)25(30-13-29-19)32-20-9-28-24-18(23(20)26)4-3-5-27-24/h3-10,13-14,17,34-35H,11-12H2,1-2H3,(H,29,30,32)/t14-/m1/s1. The molecule has 3 N–H and O–H groups in total. The van der Waals surface area contributed by atoms with E-state index in [1.807, 2.05) is 25.4 Å². The Kier molecular flexibility index (Phi) is 6.40. The van der Waals surface area contributed by atoms with Gasteiger partial charge in [-0.25, -0.2) is 24.3 Å². The second kappa shape index (κ2) is 9.80. The van der Waals surface area contributed by atoms with Crippen LogP contribution in [0.5, 0.6) is 5.75 Å². The summed E-state index contributed by atoms with van der Waals surface area (Å²) in [5, 5.41) is 27.4. The number of hydrogen-bond donors (Lipinski definition) is 3. The highest BCUT2D eigenvalue weighted by Gasteiger charge is 2.22. The molecule has 0 aliphatic carbocycles. The second-order valence-electron chi connectivity index (χ2n) is 8.43. The van der Waals surface area contributed by atoms with Gasteiger partial charge in [0.15, 0.2) is 11.5 Å². The first-order valence-electron chi connectivity index (χ1n) is 11.3. The molecule has 0 spiro atoms. The van der Waals surface area contributed by atoms with Gasteiger partial charge in [-0.2, -0.15) is 5.10 Å². The minimum Gasteiger partial charge on any atom is -0.489 e. The first-order chi connectivity index (χ1) is 17.5. The van der Waals surface area contributed by atoms with E-state index in [2.05, 4.69) is 30.4 Å². The number of anilines is 2. The number of benzene rings is 1. The van der Waals surface area contributed by atoms with Gasteiger partial charge in [-0.15, -0.1) is 0 Å². The first kappa shape index (κ1) is 23.5. The second-order valence-corrected chi connectivity index (χ2v) is 8.43. The molecule has 1 aromatic carbocycles. The molecule has 0 fully saturated rings. The molecular formula is C25H24FN7O3. The van der Waals surface area contributed by atoms with Crippen LogP contribution >= 0.6 is 0 Å². The Morgan fingerprint density at radius 3 is 2.67 bits per heavy atom. The monoisotopic (exact) mass is 489 g/mol. The van der Waals surface area contributed by atoms with Crippen LogP contribution in [0.3, 0.4) is 0 Å². The fourth-order valence-electron chi connectivity index (χ4n) is 3.94. The SMILES string of the molecule is C[C@@H](Oc1cc(-c2cnn(C)c2)cc2ncnc(Nc3cnc4ncccc4c3F)c12)C(CO)CO. The molecular weight excluding hydrogens is 465 g/mol. The predicted octanol–water partition coefficient (Wildman–Crippen LogP) is 3.22. The van der Waals surface area contributed by atoms with Crippen LogP contribution in [0.4, 0.5) is 15.9 Å². The van der Waals surface area contributed by atoms with Gasteiger partial charge in [-0.3, -0.25) is 4.68 Å². The van der Waals surface area contributed by atoms with Gasteiger partial charge in [0, 0.05) is 30.9 Å². The van der Waals surface area contributed by atoms with Crippen molar-refractivity contribution in [3.8, 4) is 16.9 Å². The average Bonchev–Trinajstić information content (AvgIpc) is 3.33. The van der Waals surface area contributed by atoms with E-state index in [-0.39, 0.29) is 24.3 Å². The number of nitrogens with zero attached hydrogens (tertiary/aromatic N) is 6. The lowest BCUT2D eigenvalue weighted by atomic mass is 10.0. The van der Waals surface area contributed by atoms with E-state index >= 15 is 4.39 Å². The van der Waals surface area contributed by atoms with Crippen molar-refractivity contribution in [2.24, 2.45) is 13.0 Å². The highest BCUT2D eigenvalue weighted by molar-refractivity contribution is 5.99. The molecule has 36 heavy (non-hydrogen) atoms. The lowest BCUT2D eigenvalue weighted by Crippen LogP contribution is -2.29. The number of aromatic nitrogens is 6. The van der Waals surface area contributed by atoms with Gasteiger partial charge in [0.2, 0.25) is 0 Å². The molecule has 0 aliphatic heterocycles. The van der Waals surface area contributed by atoms with Crippen LogP contribution in [-0.2, 0) is 7.05 Å². The molecule has 0 aliphatic rings. The maximum Gasteiger partial charge on any atom is 0.162 e. The van der Waals surface area contributed by atoms with Gasteiger partial charge in [-0.1, -0.05) is 0 Å². The Balaban J connectivity index is 1.64. The molecule has 4 heterocycles. The molecule has 4 aromatic heterocycles. The van der Waals surface area contributed by atoms with Crippen LogP contribution in [-0.4, -0.2) is 59.2 Å². The highest BCUT2D eigenvalue weighted by atomic mass is 19.1. The summed E-state index contributed by atoms with van der Waals surface area (Å²) in [5.41, 5.74) is 2.62. The summed E-state index contributed by atoms with van der Waals surface area (Å²) in [6, 6.07) is 6.93. The molecule has 0 amide bonds. The summed E-state index contributed by atoms with van der Waals surface area (Å²) in [5.74, 6) is -0.292. The van der Waals surface area contributed by atoms with Crippen molar-refractivity contribution in [2.45, 2.75) is 13.0 Å². The van der Waals surface area contributed by atoms with Crippen molar-refractivity contribution < 1.29 is 19.3 Å². The van der Waals surface area contributed by atoms with Gasteiger partial charge < -0.3 is 20.3 Å². The Bertz CT molecular complexity index is 1540. The Labute approximate surface area is 205 Å². The van der Waals surface area contributed by atoms with Gasteiger partial charge in [0.05, 0.1) is 47.6 Å². The third-order valence-corrected chi connectivity index (χ3v) is 6.01. The lowest BCUT2D eigenvalue weighted by Gasteiger charge is -2.23. The maximum atomic E-state index is 15.3. The Hall–Kier alpha value is -4.22. The zero-order valence-corrected chi connectivity index (χ0v) is 19.6. The highest BCUT2D eigenvalue weighted by Crippen LogP contribution is 2.37. The van der Waals surface area contributed by atoms with Gasteiger partial charge in [0.1, 0.15) is 24.0 Å². The van der Waals surface area contributed by atoms with Gasteiger partial charge in [0.25, 0.3) is 0 Å². The molecule has 184 valence electrons. The number of aryl methyl sites for hydroxylation is 1.